The van der Waals surface area contributed by atoms with Crippen molar-refractivity contribution in [1.82, 2.24) is 9.88 Å². The molecule has 26 heavy (non-hydrogen) atoms. The summed E-state index contributed by atoms with van der Waals surface area (Å²) in [6, 6.07) is 16.2. The molecule has 0 aliphatic heterocycles. The SMILES string of the molecule is CCN(CC)C(=O)c1cccc(C(=O)Nc2cccc3cccnc23)c1. The molecule has 0 saturated carbocycles. The number of amides is 2. The van der Waals surface area contributed by atoms with E-state index in [1.54, 1.807) is 35.4 Å². The van der Waals surface area contributed by atoms with Crippen LogP contribution in [0.4, 0.5) is 5.69 Å². The fraction of sp³-hybridized carbons (Fsp3) is 0.190. The van der Waals surface area contributed by atoms with Crippen LogP contribution in [0.2, 0.25) is 0 Å². The lowest BCUT2D eigenvalue weighted by atomic mass is 10.1. The summed E-state index contributed by atoms with van der Waals surface area (Å²) in [5.74, 6) is -0.339. The number of hydrogen-bond donors (Lipinski definition) is 1. The first kappa shape index (κ1) is 17.6. The first-order valence-electron chi connectivity index (χ1n) is 8.68. The van der Waals surface area contributed by atoms with Gasteiger partial charge in [-0.1, -0.05) is 24.3 Å². The number of nitrogens with zero attached hydrogens (tertiary/aromatic N) is 2. The molecule has 3 aromatic rings. The summed E-state index contributed by atoms with van der Waals surface area (Å²) in [5.41, 5.74) is 2.33. The van der Waals surface area contributed by atoms with Crippen LogP contribution in [0.1, 0.15) is 34.6 Å². The van der Waals surface area contributed by atoms with Crippen molar-refractivity contribution in [3.63, 3.8) is 0 Å². The summed E-state index contributed by atoms with van der Waals surface area (Å²) in [6.07, 6.45) is 1.70. The Morgan fingerprint density at radius 1 is 0.962 bits per heavy atom. The van der Waals surface area contributed by atoms with Crippen LogP contribution in [-0.4, -0.2) is 34.8 Å². The van der Waals surface area contributed by atoms with Gasteiger partial charge in [0.1, 0.15) is 0 Å². The molecular weight excluding hydrogens is 326 g/mol. The largest absolute Gasteiger partial charge is 0.339 e. The Labute approximate surface area is 152 Å². The van der Waals surface area contributed by atoms with E-state index in [1.807, 2.05) is 44.2 Å². The van der Waals surface area contributed by atoms with Crippen LogP contribution in [0.15, 0.2) is 60.8 Å². The minimum Gasteiger partial charge on any atom is -0.339 e. The van der Waals surface area contributed by atoms with E-state index in [2.05, 4.69) is 10.3 Å². The zero-order valence-corrected chi connectivity index (χ0v) is 14.9. The van der Waals surface area contributed by atoms with Crippen LogP contribution < -0.4 is 5.32 Å². The molecule has 0 spiro atoms. The van der Waals surface area contributed by atoms with Crippen molar-refractivity contribution >= 4 is 28.4 Å². The summed E-state index contributed by atoms with van der Waals surface area (Å²) in [7, 11) is 0. The van der Waals surface area contributed by atoms with Gasteiger partial charge in [-0.3, -0.25) is 14.6 Å². The van der Waals surface area contributed by atoms with E-state index < -0.39 is 0 Å². The molecule has 5 heteroatoms. The Morgan fingerprint density at radius 3 is 2.42 bits per heavy atom. The molecule has 3 rings (SSSR count). The van der Waals surface area contributed by atoms with Crippen molar-refractivity contribution in [2.75, 3.05) is 18.4 Å². The lowest BCUT2D eigenvalue weighted by Crippen LogP contribution is -2.30. The van der Waals surface area contributed by atoms with Gasteiger partial charge in [-0.05, 0) is 44.2 Å². The van der Waals surface area contributed by atoms with Gasteiger partial charge in [0.25, 0.3) is 11.8 Å². The molecular formula is C21H21N3O2. The highest BCUT2D eigenvalue weighted by Crippen LogP contribution is 2.21. The minimum atomic E-state index is -0.266. The average Bonchev–Trinajstić information content (AvgIpc) is 2.69. The summed E-state index contributed by atoms with van der Waals surface area (Å²) in [6.45, 7) is 5.14. The molecule has 0 aliphatic carbocycles. The molecule has 132 valence electrons. The molecule has 0 aliphatic rings. The lowest BCUT2D eigenvalue weighted by Gasteiger charge is -2.18. The van der Waals surface area contributed by atoms with Crippen LogP contribution >= 0.6 is 0 Å². The van der Waals surface area contributed by atoms with Gasteiger partial charge >= 0.3 is 0 Å². The Kier molecular flexibility index (Phi) is 5.27. The number of nitrogens with one attached hydrogen (secondary N) is 1. The maximum absolute atomic E-state index is 12.7. The second-order valence-electron chi connectivity index (χ2n) is 5.89. The monoisotopic (exact) mass is 347 g/mol. The van der Waals surface area contributed by atoms with Crippen LogP contribution in [-0.2, 0) is 0 Å². The van der Waals surface area contributed by atoms with Crippen molar-refractivity contribution in [3.8, 4) is 0 Å². The number of hydrogen-bond acceptors (Lipinski definition) is 3. The average molecular weight is 347 g/mol. The van der Waals surface area contributed by atoms with Crippen LogP contribution in [0, 0.1) is 0 Å². The van der Waals surface area contributed by atoms with Crippen molar-refractivity contribution in [3.05, 3.63) is 71.9 Å². The van der Waals surface area contributed by atoms with Crippen LogP contribution in [0.5, 0.6) is 0 Å². The number of aromatic nitrogens is 1. The fourth-order valence-electron chi connectivity index (χ4n) is 2.89. The van der Waals surface area contributed by atoms with Crippen LogP contribution in [0.25, 0.3) is 10.9 Å². The predicted molar refractivity (Wildman–Crippen MR) is 103 cm³/mol. The summed E-state index contributed by atoms with van der Waals surface area (Å²) < 4.78 is 0. The second-order valence-corrected chi connectivity index (χ2v) is 5.89. The van der Waals surface area contributed by atoms with Gasteiger partial charge < -0.3 is 10.2 Å². The zero-order valence-electron chi connectivity index (χ0n) is 14.9. The normalized spacial score (nSPS) is 10.5. The lowest BCUT2D eigenvalue weighted by molar-refractivity contribution is 0.0773. The number of benzene rings is 2. The third-order valence-corrected chi connectivity index (χ3v) is 4.30. The van der Waals surface area contributed by atoms with Gasteiger partial charge in [0.05, 0.1) is 11.2 Å². The molecule has 0 bridgehead atoms. The van der Waals surface area contributed by atoms with Gasteiger partial charge in [-0.15, -0.1) is 0 Å². The van der Waals surface area contributed by atoms with Crippen molar-refractivity contribution in [2.24, 2.45) is 0 Å². The Morgan fingerprint density at radius 2 is 1.65 bits per heavy atom. The topological polar surface area (TPSA) is 62.3 Å². The third kappa shape index (κ3) is 3.57. The van der Waals surface area contributed by atoms with Crippen molar-refractivity contribution in [2.45, 2.75) is 13.8 Å². The van der Waals surface area contributed by atoms with E-state index in [-0.39, 0.29) is 11.8 Å². The maximum Gasteiger partial charge on any atom is 0.255 e. The molecule has 0 unspecified atom stereocenters. The number of carbonyl (C=O) groups is 2. The van der Waals surface area contributed by atoms with Gasteiger partial charge in [-0.25, -0.2) is 0 Å². The van der Waals surface area contributed by atoms with E-state index in [4.69, 9.17) is 0 Å². The molecule has 0 atom stereocenters. The number of rotatable bonds is 5. The highest BCUT2D eigenvalue weighted by molar-refractivity contribution is 6.09. The summed E-state index contributed by atoms with van der Waals surface area (Å²) in [4.78, 5) is 31.2. The molecule has 0 saturated heterocycles. The standard InChI is InChI=1S/C21H21N3O2/c1-3-24(4-2)21(26)17-10-5-9-16(14-17)20(25)23-18-12-6-8-15-11-7-13-22-19(15)18/h5-14H,3-4H2,1-2H3,(H,23,25). The Bertz CT molecular complexity index is 943. The molecule has 1 heterocycles. The molecule has 2 aromatic carbocycles. The first-order chi connectivity index (χ1) is 12.6. The highest BCUT2D eigenvalue weighted by atomic mass is 16.2. The Balaban J connectivity index is 1.86. The van der Waals surface area contributed by atoms with E-state index >= 15 is 0 Å². The summed E-state index contributed by atoms with van der Waals surface area (Å²) >= 11 is 0. The first-order valence-corrected chi connectivity index (χ1v) is 8.68. The maximum atomic E-state index is 12.7. The van der Waals surface area contributed by atoms with E-state index in [0.29, 0.717) is 29.9 Å². The molecule has 1 aromatic heterocycles. The number of fused-ring (bicyclic) bond motifs is 1. The molecule has 0 radical (unpaired) electrons. The van der Waals surface area contributed by atoms with Crippen molar-refractivity contribution in [1.29, 1.82) is 0 Å². The third-order valence-electron chi connectivity index (χ3n) is 4.30. The Hall–Kier alpha value is -3.21. The number of pyridine rings is 1. The van der Waals surface area contributed by atoms with E-state index in [0.717, 1.165) is 10.9 Å². The predicted octanol–water partition coefficient (Wildman–Crippen LogP) is 3.97. The summed E-state index contributed by atoms with van der Waals surface area (Å²) in [5, 5.41) is 3.85. The fourth-order valence-corrected chi connectivity index (χ4v) is 2.89. The van der Waals surface area contributed by atoms with Gasteiger partial charge in [0.2, 0.25) is 0 Å². The quantitative estimate of drug-likeness (QED) is 0.760. The van der Waals surface area contributed by atoms with E-state index in [9.17, 15) is 9.59 Å². The van der Waals surface area contributed by atoms with Gasteiger partial charge in [0.15, 0.2) is 0 Å². The molecule has 0 fully saturated rings. The van der Waals surface area contributed by atoms with Crippen molar-refractivity contribution < 1.29 is 9.59 Å². The molecule has 2 amide bonds. The number of para-hydroxylation sites is 1. The number of anilines is 1. The van der Waals surface area contributed by atoms with Gasteiger partial charge in [0, 0.05) is 35.8 Å². The highest BCUT2D eigenvalue weighted by Gasteiger charge is 2.15. The number of carbonyl (C=O) groups excluding carboxylic acids is 2. The smallest absolute Gasteiger partial charge is 0.255 e. The molecule has 5 nitrogen and oxygen atoms in total. The van der Waals surface area contributed by atoms with Gasteiger partial charge in [-0.2, -0.15) is 0 Å². The second kappa shape index (κ2) is 7.78. The minimum absolute atomic E-state index is 0.0727. The van der Waals surface area contributed by atoms with Crippen LogP contribution in [0.3, 0.4) is 0 Å². The molecule has 1 N–H and O–H groups in total. The van der Waals surface area contributed by atoms with E-state index in [1.165, 1.54) is 0 Å². The zero-order chi connectivity index (χ0) is 18.5.